The summed E-state index contributed by atoms with van der Waals surface area (Å²) in [6.45, 7) is 0. The monoisotopic (exact) mass is 220 g/mol. The van der Waals surface area contributed by atoms with Crippen molar-refractivity contribution in [2.24, 2.45) is 0 Å². The van der Waals surface area contributed by atoms with Crippen molar-refractivity contribution in [1.82, 2.24) is 10.2 Å². The smallest absolute Gasteiger partial charge is 0.212 e. The molecule has 0 amide bonds. The van der Waals surface area contributed by atoms with Gasteiger partial charge in [0.15, 0.2) is 0 Å². The maximum atomic E-state index is 4.05. The molecule has 3 nitrogen and oxygen atoms in total. The van der Waals surface area contributed by atoms with Crippen LogP contribution in [-0.4, -0.2) is 10.2 Å². The second kappa shape index (κ2) is 3.04. The number of rotatable bonds is 0. The van der Waals surface area contributed by atoms with Crippen LogP contribution in [0.4, 0.5) is 0 Å². The summed E-state index contributed by atoms with van der Waals surface area (Å²) in [7, 11) is 0. The quantitative estimate of drug-likeness (QED) is 0.486. The molecular weight excluding hydrogens is 210 g/mol. The van der Waals surface area contributed by atoms with Crippen LogP contribution in [0.25, 0.3) is 32.7 Å². The van der Waals surface area contributed by atoms with Gasteiger partial charge in [-0.15, -0.1) is 0 Å². The van der Waals surface area contributed by atoms with E-state index >= 15 is 0 Å². The van der Waals surface area contributed by atoms with Gasteiger partial charge >= 0.3 is 0 Å². The Bertz CT molecular complexity index is 840. The second-order valence-corrected chi connectivity index (χ2v) is 4.18. The van der Waals surface area contributed by atoms with Crippen LogP contribution >= 0.6 is 0 Å². The van der Waals surface area contributed by atoms with Gasteiger partial charge in [0.25, 0.3) is 0 Å². The SMILES string of the molecule is c1ccc2c(c1)[nH+]c1ccc3[nH]nccc3c12. The fourth-order valence-electron chi connectivity index (χ4n) is 2.46. The van der Waals surface area contributed by atoms with Gasteiger partial charge in [-0.2, -0.15) is 5.10 Å². The van der Waals surface area contributed by atoms with Crippen LogP contribution in [0.15, 0.2) is 48.7 Å². The Morgan fingerprint density at radius 3 is 2.82 bits per heavy atom. The molecule has 2 aromatic heterocycles. The van der Waals surface area contributed by atoms with Crippen molar-refractivity contribution >= 4 is 32.7 Å². The number of hydrogen-bond acceptors (Lipinski definition) is 1. The lowest BCUT2D eigenvalue weighted by Gasteiger charge is -1.96. The molecule has 0 aliphatic heterocycles. The Morgan fingerprint density at radius 1 is 0.882 bits per heavy atom. The predicted octanol–water partition coefficient (Wildman–Crippen LogP) is 2.68. The zero-order chi connectivity index (χ0) is 11.2. The standard InChI is InChI=1S/C14H9N3/c1-2-4-11-9(3-1)14-10-7-8-15-17-12(10)5-6-13(14)16-11/h1-8,17H/p+1. The minimum Gasteiger partial charge on any atom is -0.278 e. The Hall–Kier alpha value is -2.42. The average molecular weight is 220 g/mol. The van der Waals surface area contributed by atoms with Crippen molar-refractivity contribution in [3.8, 4) is 0 Å². The van der Waals surface area contributed by atoms with E-state index in [-0.39, 0.29) is 0 Å². The third kappa shape index (κ3) is 1.11. The molecule has 3 heteroatoms. The number of nitrogens with zero attached hydrogens (tertiary/aromatic N) is 1. The lowest BCUT2D eigenvalue weighted by molar-refractivity contribution is -0.307. The lowest BCUT2D eigenvalue weighted by atomic mass is 10.1. The number of para-hydroxylation sites is 1. The highest BCUT2D eigenvalue weighted by Gasteiger charge is 2.13. The summed E-state index contributed by atoms with van der Waals surface area (Å²) in [5.41, 5.74) is 3.40. The molecule has 0 bridgehead atoms. The zero-order valence-electron chi connectivity index (χ0n) is 9.07. The third-order valence-electron chi connectivity index (χ3n) is 3.21. The first-order valence-corrected chi connectivity index (χ1v) is 5.59. The normalized spacial score (nSPS) is 11.5. The molecule has 2 N–H and O–H groups in total. The van der Waals surface area contributed by atoms with Crippen molar-refractivity contribution in [1.29, 1.82) is 0 Å². The van der Waals surface area contributed by atoms with E-state index in [9.17, 15) is 0 Å². The van der Waals surface area contributed by atoms with Gasteiger partial charge in [0.2, 0.25) is 11.0 Å². The summed E-state index contributed by atoms with van der Waals surface area (Å²) in [6, 6.07) is 14.6. The number of aromatic amines is 2. The number of H-pyrrole nitrogens is 2. The molecule has 4 aromatic rings. The molecule has 4 rings (SSSR count). The summed E-state index contributed by atoms with van der Waals surface area (Å²) < 4.78 is 0. The van der Waals surface area contributed by atoms with Crippen LogP contribution in [0.5, 0.6) is 0 Å². The van der Waals surface area contributed by atoms with Crippen molar-refractivity contribution in [3.63, 3.8) is 0 Å². The molecule has 0 aliphatic rings. The van der Waals surface area contributed by atoms with E-state index in [1.165, 1.54) is 27.2 Å². The molecule has 0 aliphatic carbocycles. The maximum Gasteiger partial charge on any atom is 0.212 e. The fraction of sp³-hybridized carbons (Fsp3) is 0. The Morgan fingerprint density at radius 2 is 1.82 bits per heavy atom. The highest BCUT2D eigenvalue weighted by atomic mass is 15.1. The zero-order valence-corrected chi connectivity index (χ0v) is 9.07. The number of nitrogens with one attached hydrogen (secondary N) is 2. The topological polar surface area (TPSA) is 42.8 Å². The summed E-state index contributed by atoms with van der Waals surface area (Å²) in [4.78, 5) is 3.44. The molecule has 17 heavy (non-hydrogen) atoms. The van der Waals surface area contributed by atoms with E-state index in [1.807, 2.05) is 6.07 Å². The van der Waals surface area contributed by atoms with Crippen molar-refractivity contribution < 1.29 is 4.98 Å². The number of fused-ring (bicyclic) bond motifs is 5. The van der Waals surface area contributed by atoms with Gasteiger partial charge in [-0.3, -0.25) is 5.10 Å². The highest BCUT2D eigenvalue weighted by molar-refractivity contribution is 6.16. The third-order valence-corrected chi connectivity index (χ3v) is 3.21. The van der Waals surface area contributed by atoms with E-state index in [0.29, 0.717) is 0 Å². The van der Waals surface area contributed by atoms with Crippen molar-refractivity contribution in [2.45, 2.75) is 0 Å². The van der Waals surface area contributed by atoms with Gasteiger partial charge in [0.1, 0.15) is 0 Å². The van der Waals surface area contributed by atoms with Gasteiger partial charge in [-0.25, -0.2) is 4.98 Å². The first kappa shape index (κ1) is 8.70. The molecule has 0 spiro atoms. The fourth-order valence-corrected chi connectivity index (χ4v) is 2.46. The minimum absolute atomic E-state index is 1.06. The van der Waals surface area contributed by atoms with Gasteiger partial charge in [-0.1, -0.05) is 12.1 Å². The van der Waals surface area contributed by atoms with Crippen LogP contribution in [0, 0.1) is 0 Å². The Balaban J connectivity index is 2.38. The van der Waals surface area contributed by atoms with Crippen LogP contribution in [-0.2, 0) is 0 Å². The summed E-state index contributed by atoms with van der Waals surface area (Å²) in [5.74, 6) is 0. The maximum absolute atomic E-state index is 4.05. The second-order valence-electron chi connectivity index (χ2n) is 4.18. The number of aromatic nitrogens is 3. The molecule has 2 heterocycles. The lowest BCUT2D eigenvalue weighted by Crippen LogP contribution is -1.96. The van der Waals surface area contributed by atoms with Gasteiger partial charge in [0, 0.05) is 23.7 Å². The summed E-state index contributed by atoms with van der Waals surface area (Å²) >= 11 is 0. The molecule has 80 valence electrons. The van der Waals surface area contributed by atoms with Gasteiger partial charge < -0.3 is 0 Å². The van der Waals surface area contributed by atoms with Crippen molar-refractivity contribution in [3.05, 3.63) is 48.7 Å². The van der Waals surface area contributed by atoms with Crippen LogP contribution in [0.2, 0.25) is 0 Å². The summed E-state index contributed by atoms with van der Waals surface area (Å²) in [6.07, 6.45) is 1.80. The molecule has 2 aromatic carbocycles. The van der Waals surface area contributed by atoms with Crippen LogP contribution in [0.3, 0.4) is 0 Å². The van der Waals surface area contributed by atoms with Crippen LogP contribution in [0.1, 0.15) is 0 Å². The molecule has 0 unspecified atom stereocenters. The predicted molar refractivity (Wildman–Crippen MR) is 67.7 cm³/mol. The number of hydrogen-bond donors (Lipinski definition) is 1. The summed E-state index contributed by atoms with van der Waals surface area (Å²) in [5, 5.41) is 10.8. The highest BCUT2D eigenvalue weighted by Crippen LogP contribution is 2.28. The van der Waals surface area contributed by atoms with Crippen molar-refractivity contribution in [2.75, 3.05) is 0 Å². The van der Waals surface area contributed by atoms with E-state index in [0.717, 1.165) is 5.52 Å². The van der Waals surface area contributed by atoms with Crippen LogP contribution < -0.4 is 4.98 Å². The molecular formula is C14H10N3+. The Kier molecular flexibility index (Phi) is 1.56. The van der Waals surface area contributed by atoms with E-state index in [2.05, 4.69) is 51.6 Å². The van der Waals surface area contributed by atoms with E-state index in [1.54, 1.807) is 6.20 Å². The average Bonchev–Trinajstić information content (AvgIpc) is 2.77. The molecule has 0 fully saturated rings. The van der Waals surface area contributed by atoms with Gasteiger partial charge in [-0.05, 0) is 18.2 Å². The van der Waals surface area contributed by atoms with Gasteiger partial charge in [0.05, 0.1) is 16.3 Å². The van der Waals surface area contributed by atoms with E-state index < -0.39 is 0 Å². The number of benzene rings is 2. The first-order valence-electron chi connectivity index (χ1n) is 5.59. The molecule has 0 saturated carbocycles. The largest absolute Gasteiger partial charge is 0.278 e. The molecule has 0 radical (unpaired) electrons. The Labute approximate surface area is 97.1 Å². The van der Waals surface area contributed by atoms with E-state index in [4.69, 9.17) is 0 Å². The molecule has 0 saturated heterocycles. The molecule has 0 atom stereocenters. The minimum atomic E-state index is 1.06. The first-order chi connectivity index (χ1) is 8.43.